The van der Waals surface area contributed by atoms with Crippen LogP contribution in [0, 0.1) is 0 Å². The van der Waals surface area contributed by atoms with E-state index in [1.807, 2.05) is 6.20 Å². The van der Waals surface area contributed by atoms with Crippen molar-refractivity contribution >= 4 is 22.7 Å². The van der Waals surface area contributed by atoms with Crippen LogP contribution in [-0.2, 0) is 4.74 Å². The first-order chi connectivity index (χ1) is 13.8. The molecule has 2 aliphatic rings. The Bertz CT molecular complexity index is 769. The molecule has 0 bridgehead atoms. The molecule has 6 heteroatoms. The zero-order valence-electron chi connectivity index (χ0n) is 17.0. The third kappa shape index (κ3) is 4.54. The highest BCUT2D eigenvalue weighted by atomic mass is 16.5. The van der Waals surface area contributed by atoms with Crippen LogP contribution in [0.25, 0.3) is 10.9 Å². The number of fused-ring (bicyclic) bond motifs is 1. The van der Waals surface area contributed by atoms with Crippen molar-refractivity contribution in [2.45, 2.75) is 76.7 Å². The van der Waals surface area contributed by atoms with Gasteiger partial charge in [0, 0.05) is 43.8 Å². The Balaban J connectivity index is 1.66. The van der Waals surface area contributed by atoms with Gasteiger partial charge in [-0.25, -0.2) is 15.0 Å². The van der Waals surface area contributed by atoms with Crippen LogP contribution in [0.1, 0.15) is 76.2 Å². The lowest BCUT2D eigenvalue weighted by atomic mass is 9.84. The average molecular weight is 384 g/mol. The molecule has 1 aliphatic heterocycles. The van der Waals surface area contributed by atoms with Crippen molar-refractivity contribution in [1.29, 1.82) is 0 Å². The molecule has 0 aromatic carbocycles. The van der Waals surface area contributed by atoms with Gasteiger partial charge < -0.3 is 15.4 Å². The van der Waals surface area contributed by atoms with Gasteiger partial charge in [-0.1, -0.05) is 32.6 Å². The number of anilines is 2. The molecule has 2 fully saturated rings. The number of pyridine rings is 1. The van der Waals surface area contributed by atoms with E-state index in [9.17, 15) is 0 Å². The highest BCUT2D eigenvalue weighted by Gasteiger charge is 2.22. The van der Waals surface area contributed by atoms with Gasteiger partial charge in [-0.2, -0.15) is 0 Å². The van der Waals surface area contributed by atoms with Crippen LogP contribution in [0.5, 0.6) is 0 Å². The third-order valence-electron chi connectivity index (χ3n) is 6.07. The van der Waals surface area contributed by atoms with Crippen LogP contribution < -0.4 is 10.6 Å². The maximum Gasteiger partial charge on any atom is 0.223 e. The quantitative estimate of drug-likeness (QED) is 0.664. The molecule has 0 radical (unpaired) electrons. The molecule has 3 heterocycles. The first-order valence-electron chi connectivity index (χ1n) is 11.1. The van der Waals surface area contributed by atoms with E-state index in [0.717, 1.165) is 68.1 Å². The predicted octanol–water partition coefficient (Wildman–Crippen LogP) is 4.88. The maximum absolute atomic E-state index is 5.49. The number of hydrogen-bond acceptors (Lipinski definition) is 6. The van der Waals surface area contributed by atoms with E-state index in [1.54, 1.807) is 0 Å². The summed E-state index contributed by atoms with van der Waals surface area (Å²) in [5.74, 6) is 2.22. The van der Waals surface area contributed by atoms with Crippen molar-refractivity contribution in [1.82, 2.24) is 15.0 Å². The Morgan fingerprint density at radius 1 is 1.04 bits per heavy atom. The Morgan fingerprint density at radius 3 is 2.64 bits per heavy atom. The van der Waals surface area contributed by atoms with Gasteiger partial charge in [-0.3, -0.25) is 0 Å². The van der Waals surface area contributed by atoms with Crippen LogP contribution in [0.2, 0.25) is 0 Å². The summed E-state index contributed by atoms with van der Waals surface area (Å²) in [5.41, 5.74) is 2.37. The normalized spacial score (nSPS) is 19.0. The molecule has 2 N–H and O–H groups in total. The maximum atomic E-state index is 5.49. The van der Waals surface area contributed by atoms with E-state index in [0.29, 0.717) is 12.0 Å². The monoisotopic (exact) mass is 383 g/mol. The van der Waals surface area contributed by atoms with Crippen LogP contribution in [0.15, 0.2) is 12.4 Å². The van der Waals surface area contributed by atoms with Gasteiger partial charge in [-0.15, -0.1) is 0 Å². The van der Waals surface area contributed by atoms with E-state index >= 15 is 0 Å². The Kier molecular flexibility index (Phi) is 6.57. The molecule has 0 atom stereocenters. The second-order valence-corrected chi connectivity index (χ2v) is 8.16. The molecular weight excluding hydrogens is 350 g/mol. The molecule has 1 aliphatic carbocycles. The summed E-state index contributed by atoms with van der Waals surface area (Å²) >= 11 is 0. The predicted molar refractivity (Wildman–Crippen MR) is 114 cm³/mol. The topological polar surface area (TPSA) is 72.0 Å². The van der Waals surface area contributed by atoms with Gasteiger partial charge in [0.15, 0.2) is 0 Å². The molecule has 152 valence electrons. The van der Waals surface area contributed by atoms with Gasteiger partial charge in [0.25, 0.3) is 0 Å². The largest absolute Gasteiger partial charge is 0.381 e. The molecule has 6 nitrogen and oxygen atoms in total. The Hall–Kier alpha value is -1.95. The second-order valence-electron chi connectivity index (χ2n) is 8.16. The van der Waals surface area contributed by atoms with Gasteiger partial charge in [0.05, 0.1) is 10.9 Å². The minimum atomic E-state index is 0.410. The lowest BCUT2D eigenvalue weighted by molar-refractivity contribution is 0.0904. The SMILES string of the molecule is CCCCNc1ncc2c(NC3CCOCC3)ncc(C3CCCCC3)c2n1. The fraction of sp³-hybridized carbons (Fsp3) is 0.682. The summed E-state index contributed by atoms with van der Waals surface area (Å²) in [6, 6.07) is 0.410. The van der Waals surface area contributed by atoms with Crippen molar-refractivity contribution in [2.24, 2.45) is 0 Å². The smallest absolute Gasteiger partial charge is 0.223 e. The fourth-order valence-electron chi connectivity index (χ4n) is 4.36. The van der Waals surface area contributed by atoms with Crippen molar-refractivity contribution in [3.8, 4) is 0 Å². The lowest BCUT2D eigenvalue weighted by Crippen LogP contribution is -2.28. The number of nitrogens with one attached hydrogen (secondary N) is 2. The van der Waals surface area contributed by atoms with Crippen LogP contribution >= 0.6 is 0 Å². The molecule has 0 unspecified atom stereocenters. The number of unbranched alkanes of at least 4 members (excludes halogenated alkanes) is 1. The minimum Gasteiger partial charge on any atom is -0.381 e. The van der Waals surface area contributed by atoms with Crippen molar-refractivity contribution in [2.75, 3.05) is 30.4 Å². The third-order valence-corrected chi connectivity index (χ3v) is 6.07. The fourth-order valence-corrected chi connectivity index (χ4v) is 4.36. The molecule has 28 heavy (non-hydrogen) atoms. The van der Waals surface area contributed by atoms with Gasteiger partial charge >= 0.3 is 0 Å². The number of rotatable bonds is 7. The van der Waals surface area contributed by atoms with E-state index in [4.69, 9.17) is 14.7 Å². The van der Waals surface area contributed by atoms with Gasteiger partial charge in [0.2, 0.25) is 5.95 Å². The molecule has 4 rings (SSSR count). The van der Waals surface area contributed by atoms with Crippen molar-refractivity contribution in [3.63, 3.8) is 0 Å². The minimum absolute atomic E-state index is 0.410. The standard InChI is InChI=1S/C22H33N5O/c1-2-3-11-23-22-25-15-19-20(27-22)18(16-7-5-4-6-8-16)14-24-21(19)26-17-9-12-28-13-10-17/h14-17H,2-13H2,1H3,(H,24,26)(H,23,25,27). The van der Waals surface area contributed by atoms with Crippen LogP contribution in [0.4, 0.5) is 11.8 Å². The molecule has 2 aromatic heterocycles. The highest BCUT2D eigenvalue weighted by molar-refractivity contribution is 5.91. The summed E-state index contributed by atoms with van der Waals surface area (Å²) in [6.07, 6.45) is 14.8. The average Bonchev–Trinajstić information content (AvgIpc) is 2.75. The first kappa shape index (κ1) is 19.4. The summed E-state index contributed by atoms with van der Waals surface area (Å²) in [5, 5.41) is 8.07. The molecular formula is C22H33N5O. The van der Waals surface area contributed by atoms with E-state index in [2.05, 4.69) is 28.7 Å². The molecule has 1 saturated carbocycles. The van der Waals surface area contributed by atoms with E-state index in [1.165, 1.54) is 37.7 Å². The van der Waals surface area contributed by atoms with Crippen LogP contribution in [-0.4, -0.2) is 40.8 Å². The van der Waals surface area contributed by atoms with E-state index < -0.39 is 0 Å². The number of ether oxygens (including phenoxy) is 1. The number of nitrogens with zero attached hydrogens (tertiary/aromatic N) is 3. The first-order valence-corrected chi connectivity index (χ1v) is 11.1. The zero-order valence-corrected chi connectivity index (χ0v) is 17.0. The highest BCUT2D eigenvalue weighted by Crippen LogP contribution is 2.37. The van der Waals surface area contributed by atoms with Crippen molar-refractivity contribution in [3.05, 3.63) is 18.0 Å². The lowest BCUT2D eigenvalue weighted by Gasteiger charge is -2.26. The molecule has 1 saturated heterocycles. The summed E-state index contributed by atoms with van der Waals surface area (Å²) in [4.78, 5) is 14.4. The van der Waals surface area contributed by atoms with Gasteiger partial charge in [-0.05, 0) is 38.0 Å². The van der Waals surface area contributed by atoms with Crippen LogP contribution in [0.3, 0.4) is 0 Å². The summed E-state index contributed by atoms with van der Waals surface area (Å²) < 4.78 is 5.49. The molecule has 0 spiro atoms. The Morgan fingerprint density at radius 2 is 1.86 bits per heavy atom. The zero-order chi connectivity index (χ0) is 19.2. The number of hydrogen-bond donors (Lipinski definition) is 2. The van der Waals surface area contributed by atoms with Crippen molar-refractivity contribution < 1.29 is 4.74 Å². The van der Waals surface area contributed by atoms with Gasteiger partial charge in [0.1, 0.15) is 5.82 Å². The summed E-state index contributed by atoms with van der Waals surface area (Å²) in [6.45, 7) is 4.75. The number of aromatic nitrogens is 3. The molecule has 2 aromatic rings. The molecule has 0 amide bonds. The summed E-state index contributed by atoms with van der Waals surface area (Å²) in [7, 11) is 0. The second kappa shape index (κ2) is 9.50. The van der Waals surface area contributed by atoms with E-state index in [-0.39, 0.29) is 0 Å². The Labute approximate surface area is 167 Å².